The highest BCUT2D eigenvalue weighted by Gasteiger charge is 2.32. The lowest BCUT2D eigenvalue weighted by Gasteiger charge is -2.25. The van der Waals surface area contributed by atoms with Crippen LogP contribution >= 0.6 is 0 Å². The Morgan fingerprint density at radius 2 is 1.48 bits per heavy atom. The van der Waals surface area contributed by atoms with Gasteiger partial charge in [-0.1, -0.05) is 78.9 Å². The van der Waals surface area contributed by atoms with Crippen molar-refractivity contribution >= 4 is 41.8 Å². The number of esters is 1. The summed E-state index contributed by atoms with van der Waals surface area (Å²) in [6.45, 7) is 0.241. The van der Waals surface area contributed by atoms with Gasteiger partial charge in [0.1, 0.15) is 31.3 Å². The second-order valence-electron chi connectivity index (χ2n) is 14.0. The van der Waals surface area contributed by atoms with Gasteiger partial charge in [-0.05, 0) is 66.3 Å². The molecule has 0 saturated carbocycles. The first kappa shape index (κ1) is 42.7. The van der Waals surface area contributed by atoms with E-state index in [1.54, 1.807) is 0 Å². The van der Waals surface area contributed by atoms with Gasteiger partial charge in [0.25, 0.3) is 0 Å². The fourth-order valence-corrected chi connectivity index (χ4v) is 6.83. The normalized spacial score (nSPS) is 17.7. The number of carbonyl (C=O) groups is 7. The lowest BCUT2D eigenvalue weighted by atomic mass is 9.98. The zero-order valence-corrected chi connectivity index (χ0v) is 32.4. The van der Waals surface area contributed by atoms with Crippen LogP contribution in [-0.4, -0.2) is 93.3 Å². The molecule has 3 atom stereocenters. The first-order chi connectivity index (χ1) is 28.1. The Morgan fingerprint density at radius 3 is 2.19 bits per heavy atom. The van der Waals surface area contributed by atoms with Crippen LogP contribution in [0.4, 0.5) is 9.59 Å². The van der Waals surface area contributed by atoms with Crippen LogP contribution in [0.2, 0.25) is 0 Å². The van der Waals surface area contributed by atoms with Gasteiger partial charge < -0.3 is 46.1 Å². The first-order valence-electron chi connectivity index (χ1n) is 19.4. The third kappa shape index (κ3) is 12.5. The molecule has 0 spiro atoms. The summed E-state index contributed by atoms with van der Waals surface area (Å²) in [4.78, 5) is 90.5. The van der Waals surface area contributed by atoms with Gasteiger partial charge in [0.15, 0.2) is 0 Å². The summed E-state index contributed by atoms with van der Waals surface area (Å²) in [7, 11) is 1.18. The number of hydrogen-bond acceptors (Lipinski definition) is 10. The molecular formula is C42H50N6O10. The standard InChI is InChI=1S/C42H50N6O10/c1-56-40(53)35(18-9-10-22-44-41(54)57-25-27-12-3-2-4-13-27)47-39(52)34-20-21-36(49)45-24-37(50)43-23-11-19-33(38(51)46-34)48-42(55)58-26-32-30-16-7-5-14-28(30)29-15-6-8-17-31(29)32/h2-8,12-17,32-35H,9-11,18-26H2,1H3,(H,43,50)(H,44,54)(H,45,49)(H,46,51)(H,47,52)(H,48,55)/t33-,34-,35-/m0/s1. The molecule has 0 radical (unpaired) electrons. The fourth-order valence-electron chi connectivity index (χ4n) is 6.83. The maximum atomic E-state index is 13.8. The SMILES string of the molecule is COC(=O)[C@H](CCCCNC(=O)OCc1ccccc1)NC(=O)[C@@H]1CCC(=O)NCC(=O)NCCC[C@H](NC(=O)OCC2c3ccccc3-c3ccccc32)C(=O)N1. The largest absolute Gasteiger partial charge is 0.467 e. The number of benzene rings is 3. The van der Waals surface area contributed by atoms with Crippen molar-refractivity contribution in [1.29, 1.82) is 0 Å². The second-order valence-corrected chi connectivity index (χ2v) is 14.0. The molecule has 3 aromatic carbocycles. The molecule has 58 heavy (non-hydrogen) atoms. The summed E-state index contributed by atoms with van der Waals surface area (Å²) in [6.07, 6.45) is -0.552. The van der Waals surface area contributed by atoms with Gasteiger partial charge >= 0.3 is 18.2 Å². The summed E-state index contributed by atoms with van der Waals surface area (Å²) in [6, 6.07) is 21.4. The maximum Gasteiger partial charge on any atom is 0.407 e. The molecule has 0 bridgehead atoms. The molecule has 1 aliphatic heterocycles. The molecule has 16 nitrogen and oxygen atoms in total. The Hall–Kier alpha value is -6.45. The van der Waals surface area contributed by atoms with Crippen LogP contribution in [0, 0.1) is 0 Å². The van der Waals surface area contributed by atoms with Gasteiger partial charge in [-0.2, -0.15) is 0 Å². The first-order valence-corrected chi connectivity index (χ1v) is 19.4. The number of carbonyl (C=O) groups excluding carboxylic acids is 7. The Morgan fingerprint density at radius 1 is 0.793 bits per heavy atom. The van der Waals surface area contributed by atoms with Crippen molar-refractivity contribution in [3.63, 3.8) is 0 Å². The van der Waals surface area contributed by atoms with Crippen molar-refractivity contribution < 1.29 is 47.8 Å². The van der Waals surface area contributed by atoms with Gasteiger partial charge in [0.2, 0.25) is 23.6 Å². The number of nitrogens with one attached hydrogen (secondary N) is 6. The summed E-state index contributed by atoms with van der Waals surface area (Å²) in [5.74, 6) is -3.40. The Kier molecular flexibility index (Phi) is 16.0. The minimum atomic E-state index is -1.31. The van der Waals surface area contributed by atoms with E-state index in [4.69, 9.17) is 14.2 Å². The molecule has 0 unspecified atom stereocenters. The van der Waals surface area contributed by atoms with E-state index in [0.29, 0.717) is 12.8 Å². The molecule has 5 rings (SSSR count). The minimum absolute atomic E-state index is 0.00766. The van der Waals surface area contributed by atoms with E-state index in [2.05, 4.69) is 31.9 Å². The molecule has 3 aromatic rings. The van der Waals surface area contributed by atoms with Gasteiger partial charge in [-0.25, -0.2) is 14.4 Å². The van der Waals surface area contributed by atoms with Crippen molar-refractivity contribution in [2.75, 3.05) is 33.4 Å². The Labute approximate surface area is 336 Å². The van der Waals surface area contributed by atoms with Crippen LogP contribution in [0.3, 0.4) is 0 Å². The van der Waals surface area contributed by atoms with E-state index >= 15 is 0 Å². The molecule has 0 aromatic heterocycles. The Bertz CT molecular complexity index is 1880. The number of amides is 6. The maximum absolute atomic E-state index is 13.8. The van der Waals surface area contributed by atoms with Crippen LogP contribution < -0.4 is 31.9 Å². The lowest BCUT2D eigenvalue weighted by Crippen LogP contribution is -2.56. The topological polar surface area (TPSA) is 219 Å². The lowest BCUT2D eigenvalue weighted by molar-refractivity contribution is -0.145. The highest BCUT2D eigenvalue weighted by Crippen LogP contribution is 2.44. The summed E-state index contributed by atoms with van der Waals surface area (Å²) in [5.41, 5.74) is 4.99. The van der Waals surface area contributed by atoms with Gasteiger partial charge in [0.05, 0.1) is 13.7 Å². The van der Waals surface area contributed by atoms with Crippen LogP contribution in [0.1, 0.15) is 67.6 Å². The fraction of sp³-hybridized carbons (Fsp3) is 0.405. The predicted molar refractivity (Wildman–Crippen MR) is 211 cm³/mol. The molecule has 1 aliphatic carbocycles. The second kappa shape index (κ2) is 21.7. The minimum Gasteiger partial charge on any atom is -0.467 e. The number of ether oxygens (including phenoxy) is 3. The van der Waals surface area contributed by atoms with Crippen molar-refractivity contribution in [2.24, 2.45) is 0 Å². The number of methoxy groups -OCH3 is 1. The van der Waals surface area contributed by atoms with Crippen molar-refractivity contribution in [3.05, 3.63) is 95.6 Å². The number of fused-ring (bicyclic) bond motifs is 3. The van der Waals surface area contributed by atoms with E-state index in [-0.39, 0.29) is 70.9 Å². The average molecular weight is 799 g/mol. The van der Waals surface area contributed by atoms with E-state index in [1.165, 1.54) is 7.11 Å². The molecule has 1 heterocycles. The van der Waals surface area contributed by atoms with Gasteiger partial charge in [0, 0.05) is 25.4 Å². The molecule has 6 amide bonds. The van der Waals surface area contributed by atoms with Crippen molar-refractivity contribution in [2.45, 2.75) is 75.6 Å². The molecule has 308 valence electrons. The zero-order chi connectivity index (χ0) is 41.3. The predicted octanol–water partition coefficient (Wildman–Crippen LogP) is 2.94. The number of hydrogen-bond donors (Lipinski definition) is 6. The highest BCUT2D eigenvalue weighted by atomic mass is 16.6. The average Bonchev–Trinajstić information content (AvgIpc) is 3.56. The zero-order valence-electron chi connectivity index (χ0n) is 32.4. The summed E-state index contributed by atoms with van der Waals surface area (Å²) < 4.78 is 15.8. The molecule has 6 N–H and O–H groups in total. The molecule has 2 aliphatic rings. The van der Waals surface area contributed by atoms with Crippen molar-refractivity contribution in [1.82, 2.24) is 31.9 Å². The monoisotopic (exact) mass is 798 g/mol. The quantitative estimate of drug-likeness (QED) is 0.0844. The van der Waals surface area contributed by atoms with Gasteiger partial charge in [-0.3, -0.25) is 19.2 Å². The molecule has 16 heteroatoms. The van der Waals surface area contributed by atoms with E-state index < -0.39 is 59.9 Å². The van der Waals surface area contributed by atoms with E-state index in [1.807, 2.05) is 78.9 Å². The smallest absolute Gasteiger partial charge is 0.407 e. The highest BCUT2D eigenvalue weighted by molar-refractivity contribution is 5.93. The summed E-state index contributed by atoms with van der Waals surface area (Å²) in [5, 5.41) is 15.7. The summed E-state index contributed by atoms with van der Waals surface area (Å²) >= 11 is 0. The van der Waals surface area contributed by atoms with Crippen LogP contribution in [-0.2, 0) is 44.8 Å². The number of alkyl carbamates (subject to hydrolysis) is 2. The van der Waals surface area contributed by atoms with E-state index in [9.17, 15) is 33.6 Å². The molecule has 1 fully saturated rings. The van der Waals surface area contributed by atoms with Crippen molar-refractivity contribution in [3.8, 4) is 11.1 Å². The molecule has 1 saturated heterocycles. The van der Waals surface area contributed by atoms with Crippen LogP contribution in [0.5, 0.6) is 0 Å². The van der Waals surface area contributed by atoms with E-state index in [0.717, 1.165) is 27.8 Å². The third-order valence-corrected chi connectivity index (χ3v) is 9.89. The molecular weight excluding hydrogens is 748 g/mol. The Balaban J connectivity index is 1.19. The third-order valence-electron chi connectivity index (χ3n) is 9.89. The number of rotatable bonds is 13. The van der Waals surface area contributed by atoms with Crippen LogP contribution in [0.25, 0.3) is 11.1 Å². The number of unbranched alkanes of at least 4 members (excludes halogenated alkanes) is 1. The van der Waals surface area contributed by atoms with Crippen LogP contribution in [0.15, 0.2) is 78.9 Å². The van der Waals surface area contributed by atoms with Gasteiger partial charge in [-0.15, -0.1) is 0 Å².